The van der Waals surface area contributed by atoms with E-state index in [1.165, 1.54) is 18.7 Å². The third-order valence-corrected chi connectivity index (χ3v) is 6.17. The van der Waals surface area contributed by atoms with Crippen LogP contribution in [0.1, 0.15) is 23.4 Å². The smallest absolute Gasteiger partial charge is 0.289 e. The van der Waals surface area contributed by atoms with Gasteiger partial charge < -0.3 is 24.1 Å². The van der Waals surface area contributed by atoms with Crippen LogP contribution in [0.3, 0.4) is 0 Å². The minimum atomic E-state index is -0.565. The Morgan fingerprint density at radius 1 is 1.17 bits per heavy atom. The number of aromatic nitrogens is 2. The van der Waals surface area contributed by atoms with Crippen LogP contribution in [0.4, 0.5) is 15.9 Å². The van der Waals surface area contributed by atoms with Crippen molar-refractivity contribution >= 4 is 39.9 Å². The quantitative estimate of drug-likeness (QED) is 0.379. The SMILES string of the molecule is COc1cc2c(Nc3cccc(Cl)c3F)ncnc2cc1OC1CCN(C(=O)c2ccco2)CC1. The minimum absolute atomic E-state index is 0.0125. The molecule has 1 N–H and O–H groups in total. The van der Waals surface area contributed by atoms with Gasteiger partial charge in [-0.25, -0.2) is 14.4 Å². The average Bonchev–Trinajstić information content (AvgIpc) is 3.42. The summed E-state index contributed by atoms with van der Waals surface area (Å²) in [6.07, 6.45) is 4.12. The Hall–Kier alpha value is -3.85. The first-order chi connectivity index (χ1) is 17.0. The molecule has 1 amide bonds. The largest absolute Gasteiger partial charge is 0.493 e. The average molecular weight is 497 g/mol. The molecule has 0 bridgehead atoms. The molecule has 180 valence electrons. The van der Waals surface area contributed by atoms with E-state index in [0.29, 0.717) is 59.9 Å². The Morgan fingerprint density at radius 2 is 2.00 bits per heavy atom. The van der Waals surface area contributed by atoms with Gasteiger partial charge in [-0.2, -0.15) is 0 Å². The maximum absolute atomic E-state index is 14.4. The second-order valence-electron chi connectivity index (χ2n) is 8.06. The van der Waals surface area contributed by atoms with E-state index in [-0.39, 0.29) is 22.7 Å². The van der Waals surface area contributed by atoms with Gasteiger partial charge in [-0.3, -0.25) is 4.79 Å². The molecule has 2 aromatic heterocycles. The van der Waals surface area contributed by atoms with E-state index >= 15 is 0 Å². The maximum Gasteiger partial charge on any atom is 0.289 e. The van der Waals surface area contributed by atoms with Crippen LogP contribution < -0.4 is 14.8 Å². The highest BCUT2D eigenvalue weighted by Crippen LogP contribution is 2.36. The van der Waals surface area contributed by atoms with Crippen LogP contribution in [-0.4, -0.2) is 47.1 Å². The van der Waals surface area contributed by atoms with Crippen LogP contribution in [0.2, 0.25) is 5.02 Å². The molecule has 35 heavy (non-hydrogen) atoms. The number of hydrogen-bond donors (Lipinski definition) is 1. The Kier molecular flexibility index (Phi) is 6.41. The van der Waals surface area contributed by atoms with Gasteiger partial charge in [0.25, 0.3) is 5.91 Å². The molecule has 0 spiro atoms. The van der Waals surface area contributed by atoms with Gasteiger partial charge >= 0.3 is 0 Å². The Bertz CT molecular complexity index is 1360. The summed E-state index contributed by atoms with van der Waals surface area (Å²) < 4.78 is 31.4. The number of nitrogens with one attached hydrogen (secondary N) is 1. The first kappa shape index (κ1) is 22.9. The summed E-state index contributed by atoms with van der Waals surface area (Å²) >= 11 is 5.90. The van der Waals surface area contributed by atoms with Crippen molar-refractivity contribution in [3.8, 4) is 11.5 Å². The summed E-state index contributed by atoms with van der Waals surface area (Å²) in [4.78, 5) is 22.9. The van der Waals surface area contributed by atoms with Crippen molar-refractivity contribution in [1.29, 1.82) is 0 Å². The summed E-state index contributed by atoms with van der Waals surface area (Å²) in [5.74, 6) is 1.09. The van der Waals surface area contributed by atoms with Gasteiger partial charge in [0.15, 0.2) is 23.1 Å². The van der Waals surface area contributed by atoms with E-state index in [4.69, 9.17) is 25.5 Å². The highest BCUT2D eigenvalue weighted by molar-refractivity contribution is 6.31. The van der Waals surface area contributed by atoms with Crippen molar-refractivity contribution in [2.75, 3.05) is 25.5 Å². The molecule has 1 aliphatic heterocycles. The van der Waals surface area contributed by atoms with E-state index in [1.54, 1.807) is 48.4 Å². The molecule has 1 aliphatic rings. The lowest BCUT2D eigenvalue weighted by molar-refractivity contribution is 0.0562. The highest BCUT2D eigenvalue weighted by Gasteiger charge is 2.27. The molecular formula is C25H22ClFN4O4. The number of likely N-dealkylation sites (tertiary alicyclic amines) is 1. The summed E-state index contributed by atoms with van der Waals surface area (Å²) in [5, 5.41) is 3.63. The number of methoxy groups -OCH3 is 1. The molecule has 0 radical (unpaired) electrons. The predicted octanol–water partition coefficient (Wildman–Crippen LogP) is 5.45. The Labute approximate surface area is 205 Å². The lowest BCUT2D eigenvalue weighted by Gasteiger charge is -2.32. The maximum atomic E-state index is 14.4. The van der Waals surface area contributed by atoms with Gasteiger partial charge in [0.2, 0.25) is 0 Å². The molecule has 10 heteroatoms. The topological polar surface area (TPSA) is 89.7 Å². The van der Waals surface area contributed by atoms with Gasteiger partial charge in [-0.15, -0.1) is 0 Å². The fourth-order valence-electron chi connectivity index (χ4n) is 4.06. The minimum Gasteiger partial charge on any atom is -0.493 e. The highest BCUT2D eigenvalue weighted by atomic mass is 35.5. The van der Waals surface area contributed by atoms with Crippen LogP contribution >= 0.6 is 11.6 Å². The molecule has 8 nitrogen and oxygen atoms in total. The number of carbonyl (C=O) groups is 1. The third kappa shape index (κ3) is 4.72. The first-order valence-corrected chi connectivity index (χ1v) is 11.4. The summed E-state index contributed by atoms with van der Waals surface area (Å²) in [7, 11) is 1.55. The first-order valence-electron chi connectivity index (χ1n) is 11.1. The van der Waals surface area contributed by atoms with E-state index < -0.39 is 5.82 Å². The number of furan rings is 1. The molecule has 1 fully saturated rings. The number of benzene rings is 2. The summed E-state index contributed by atoms with van der Waals surface area (Å²) in [6.45, 7) is 1.11. The molecule has 0 atom stereocenters. The molecule has 2 aromatic carbocycles. The second-order valence-corrected chi connectivity index (χ2v) is 8.46. The fraction of sp³-hybridized carbons (Fsp3) is 0.240. The summed E-state index contributed by atoms with van der Waals surface area (Å²) in [6, 6.07) is 11.6. The molecule has 0 unspecified atom stereocenters. The summed E-state index contributed by atoms with van der Waals surface area (Å²) in [5.41, 5.74) is 0.804. The number of carbonyl (C=O) groups excluding carboxylic acids is 1. The van der Waals surface area contributed by atoms with Crippen LogP contribution in [0, 0.1) is 5.82 Å². The zero-order chi connectivity index (χ0) is 24.4. The van der Waals surface area contributed by atoms with Crippen molar-refractivity contribution in [3.05, 3.63) is 71.7 Å². The van der Waals surface area contributed by atoms with Gasteiger partial charge in [0.05, 0.1) is 29.6 Å². The molecule has 4 aromatic rings. The number of rotatable bonds is 6. The van der Waals surface area contributed by atoms with Crippen LogP contribution in [0.15, 0.2) is 59.5 Å². The number of amides is 1. The molecular weight excluding hydrogens is 475 g/mol. The van der Waals surface area contributed by atoms with Crippen molar-refractivity contribution in [1.82, 2.24) is 14.9 Å². The predicted molar refractivity (Wildman–Crippen MR) is 129 cm³/mol. The van der Waals surface area contributed by atoms with Crippen molar-refractivity contribution in [2.45, 2.75) is 18.9 Å². The van der Waals surface area contributed by atoms with Crippen molar-refractivity contribution in [3.63, 3.8) is 0 Å². The lowest BCUT2D eigenvalue weighted by atomic mass is 10.1. The number of ether oxygens (including phenoxy) is 2. The monoisotopic (exact) mass is 496 g/mol. The number of nitrogens with zero attached hydrogens (tertiary/aromatic N) is 3. The number of halogens is 2. The molecule has 3 heterocycles. The molecule has 5 rings (SSSR count). The zero-order valence-corrected chi connectivity index (χ0v) is 19.6. The molecule has 0 aliphatic carbocycles. The van der Waals surface area contributed by atoms with Gasteiger partial charge in [0.1, 0.15) is 18.2 Å². The van der Waals surface area contributed by atoms with E-state index in [1.807, 2.05) is 0 Å². The third-order valence-electron chi connectivity index (χ3n) is 5.88. The Balaban J connectivity index is 1.34. The number of fused-ring (bicyclic) bond motifs is 1. The van der Waals surface area contributed by atoms with Gasteiger partial charge in [-0.05, 0) is 30.3 Å². The number of hydrogen-bond acceptors (Lipinski definition) is 7. The second kappa shape index (κ2) is 9.79. The van der Waals surface area contributed by atoms with Crippen molar-refractivity contribution in [2.24, 2.45) is 0 Å². The number of anilines is 2. The normalized spacial score (nSPS) is 14.2. The zero-order valence-electron chi connectivity index (χ0n) is 18.8. The van der Waals surface area contributed by atoms with Crippen LogP contribution in [-0.2, 0) is 0 Å². The van der Waals surface area contributed by atoms with E-state index in [0.717, 1.165) is 0 Å². The lowest BCUT2D eigenvalue weighted by Crippen LogP contribution is -2.41. The number of piperidine rings is 1. The van der Waals surface area contributed by atoms with Crippen molar-refractivity contribution < 1.29 is 23.1 Å². The molecule has 0 saturated carbocycles. The standard InChI is InChI=1S/C25H22ClFN4O4/c1-33-21-12-16-19(28-14-29-24(16)30-18-5-2-4-17(26)23(18)27)13-22(21)35-15-7-9-31(10-8-15)25(32)20-6-3-11-34-20/h2-6,11-15H,7-10H2,1H3,(H,28,29,30). The molecule has 1 saturated heterocycles. The Morgan fingerprint density at radius 3 is 2.74 bits per heavy atom. The van der Waals surface area contributed by atoms with Crippen LogP contribution in [0.25, 0.3) is 10.9 Å². The van der Waals surface area contributed by atoms with Gasteiger partial charge in [-0.1, -0.05) is 17.7 Å². The van der Waals surface area contributed by atoms with Gasteiger partial charge in [0, 0.05) is 37.4 Å². The van der Waals surface area contributed by atoms with Crippen LogP contribution in [0.5, 0.6) is 11.5 Å². The fourth-order valence-corrected chi connectivity index (χ4v) is 4.23. The van der Waals surface area contributed by atoms with E-state index in [2.05, 4.69) is 15.3 Å². The van der Waals surface area contributed by atoms with E-state index in [9.17, 15) is 9.18 Å².